The fraction of sp³-hybridized carbons (Fsp3) is 0.286. The van der Waals surface area contributed by atoms with E-state index >= 15 is 0 Å². The van der Waals surface area contributed by atoms with Crippen molar-refractivity contribution in [1.82, 2.24) is 4.57 Å². The number of fused-ring (bicyclic) bond motifs is 1. The number of carboxylic acid groups (broad SMARTS) is 1. The third-order valence-corrected chi connectivity index (χ3v) is 3.13. The standard InChI is InChI=1S/C14H15NO3/c1-3-9-6-5-7-10-12(9)15(4-2)8-11(13(10)16)14(17)18/h5-8H,3-4H2,1-2H3,(H,17,18). The molecule has 18 heavy (non-hydrogen) atoms. The topological polar surface area (TPSA) is 59.3 Å². The van der Waals surface area contributed by atoms with E-state index in [2.05, 4.69) is 0 Å². The number of aromatic carboxylic acids is 1. The van der Waals surface area contributed by atoms with Crippen LogP contribution in [0, 0.1) is 0 Å². The van der Waals surface area contributed by atoms with E-state index in [9.17, 15) is 9.59 Å². The molecule has 1 aromatic heterocycles. The minimum Gasteiger partial charge on any atom is -0.477 e. The second-order valence-electron chi connectivity index (χ2n) is 4.13. The van der Waals surface area contributed by atoms with Crippen LogP contribution in [0.15, 0.2) is 29.2 Å². The number of hydrogen-bond donors (Lipinski definition) is 1. The Morgan fingerprint density at radius 3 is 2.61 bits per heavy atom. The summed E-state index contributed by atoms with van der Waals surface area (Å²) < 4.78 is 1.83. The van der Waals surface area contributed by atoms with Crippen LogP contribution in [0.2, 0.25) is 0 Å². The molecule has 0 aliphatic rings. The van der Waals surface area contributed by atoms with E-state index in [0.717, 1.165) is 17.5 Å². The third-order valence-electron chi connectivity index (χ3n) is 3.13. The number of hydrogen-bond acceptors (Lipinski definition) is 2. The van der Waals surface area contributed by atoms with Gasteiger partial charge in [-0.25, -0.2) is 4.79 Å². The lowest BCUT2D eigenvalue weighted by Gasteiger charge is -2.13. The summed E-state index contributed by atoms with van der Waals surface area (Å²) in [7, 11) is 0. The highest BCUT2D eigenvalue weighted by atomic mass is 16.4. The van der Waals surface area contributed by atoms with Gasteiger partial charge >= 0.3 is 5.97 Å². The lowest BCUT2D eigenvalue weighted by Crippen LogP contribution is -2.19. The normalized spacial score (nSPS) is 10.8. The van der Waals surface area contributed by atoms with Crippen molar-refractivity contribution < 1.29 is 9.90 Å². The minimum absolute atomic E-state index is 0.169. The number of nitrogens with zero attached hydrogens (tertiary/aromatic N) is 1. The van der Waals surface area contributed by atoms with Crippen LogP contribution in [-0.4, -0.2) is 15.6 Å². The van der Waals surface area contributed by atoms with Gasteiger partial charge in [-0.1, -0.05) is 19.1 Å². The molecule has 4 nitrogen and oxygen atoms in total. The Kier molecular flexibility index (Phi) is 3.19. The molecule has 0 spiro atoms. The van der Waals surface area contributed by atoms with Crippen LogP contribution in [0.4, 0.5) is 0 Å². The molecule has 1 heterocycles. The summed E-state index contributed by atoms with van der Waals surface area (Å²) in [6.45, 7) is 4.58. The van der Waals surface area contributed by atoms with E-state index < -0.39 is 11.4 Å². The predicted octanol–water partition coefficient (Wildman–Crippen LogP) is 2.28. The van der Waals surface area contributed by atoms with Gasteiger partial charge in [0.05, 0.1) is 5.52 Å². The molecule has 1 N–H and O–H groups in total. The van der Waals surface area contributed by atoms with E-state index in [1.54, 1.807) is 12.1 Å². The summed E-state index contributed by atoms with van der Waals surface area (Å²) in [6.07, 6.45) is 2.25. The van der Waals surface area contributed by atoms with Crippen LogP contribution in [0.3, 0.4) is 0 Å². The summed E-state index contributed by atoms with van der Waals surface area (Å²) >= 11 is 0. The maximum absolute atomic E-state index is 12.1. The van der Waals surface area contributed by atoms with Crippen molar-refractivity contribution in [2.45, 2.75) is 26.8 Å². The highest BCUT2D eigenvalue weighted by Gasteiger charge is 2.15. The Morgan fingerprint density at radius 1 is 1.33 bits per heavy atom. The zero-order chi connectivity index (χ0) is 13.3. The fourth-order valence-corrected chi connectivity index (χ4v) is 2.22. The van der Waals surface area contributed by atoms with Crippen molar-refractivity contribution in [3.63, 3.8) is 0 Å². The van der Waals surface area contributed by atoms with Crippen LogP contribution in [0.5, 0.6) is 0 Å². The van der Waals surface area contributed by atoms with Gasteiger partial charge in [0.2, 0.25) is 5.43 Å². The zero-order valence-electron chi connectivity index (χ0n) is 10.4. The maximum Gasteiger partial charge on any atom is 0.341 e. The Labute approximate surface area is 104 Å². The molecule has 0 atom stereocenters. The maximum atomic E-state index is 12.1. The van der Waals surface area contributed by atoms with Gasteiger partial charge in [0.1, 0.15) is 5.56 Å². The summed E-state index contributed by atoms with van der Waals surface area (Å²) in [5.74, 6) is -1.17. The molecule has 0 radical (unpaired) electrons. The van der Waals surface area contributed by atoms with Gasteiger partial charge in [0.25, 0.3) is 0 Å². The Balaban J connectivity index is 2.98. The van der Waals surface area contributed by atoms with Crippen LogP contribution in [0.1, 0.15) is 29.8 Å². The van der Waals surface area contributed by atoms with Crippen molar-refractivity contribution in [1.29, 1.82) is 0 Å². The average Bonchev–Trinajstić information content (AvgIpc) is 2.38. The van der Waals surface area contributed by atoms with Crippen molar-refractivity contribution in [2.75, 3.05) is 0 Å². The molecule has 4 heteroatoms. The average molecular weight is 245 g/mol. The molecule has 0 unspecified atom stereocenters. The van der Waals surface area contributed by atoms with Crippen LogP contribution < -0.4 is 5.43 Å². The first-order valence-corrected chi connectivity index (χ1v) is 5.98. The van der Waals surface area contributed by atoms with Gasteiger partial charge in [0.15, 0.2) is 0 Å². The monoisotopic (exact) mass is 245 g/mol. The van der Waals surface area contributed by atoms with Gasteiger partial charge in [-0.15, -0.1) is 0 Å². The number of carboxylic acids is 1. The molecule has 94 valence electrons. The van der Waals surface area contributed by atoms with E-state index in [-0.39, 0.29) is 5.56 Å². The highest BCUT2D eigenvalue weighted by Crippen LogP contribution is 2.18. The van der Waals surface area contributed by atoms with Crippen molar-refractivity contribution in [2.24, 2.45) is 0 Å². The van der Waals surface area contributed by atoms with Gasteiger partial charge < -0.3 is 9.67 Å². The molecule has 1 aromatic carbocycles. The smallest absolute Gasteiger partial charge is 0.341 e. The van der Waals surface area contributed by atoms with Crippen molar-refractivity contribution >= 4 is 16.9 Å². The number of carbonyl (C=O) groups is 1. The molecule has 0 aliphatic carbocycles. The molecular formula is C14H15NO3. The molecule has 0 bridgehead atoms. The molecule has 0 saturated heterocycles. The number of rotatable bonds is 3. The summed E-state index contributed by atoms with van der Waals surface area (Å²) in [5, 5.41) is 9.54. The summed E-state index contributed by atoms with van der Waals surface area (Å²) in [5.41, 5.74) is 1.33. The number of para-hydroxylation sites is 1. The first kappa shape index (κ1) is 12.4. The Morgan fingerprint density at radius 2 is 2.06 bits per heavy atom. The molecule has 2 aromatic rings. The van der Waals surface area contributed by atoms with E-state index in [4.69, 9.17) is 5.11 Å². The van der Waals surface area contributed by atoms with Gasteiger partial charge in [-0.3, -0.25) is 4.79 Å². The van der Waals surface area contributed by atoms with Crippen molar-refractivity contribution in [3.05, 3.63) is 45.7 Å². The molecule has 0 fully saturated rings. The molecule has 0 amide bonds. The third kappa shape index (κ3) is 1.79. The molecular weight excluding hydrogens is 230 g/mol. The summed E-state index contributed by atoms with van der Waals surface area (Å²) in [4.78, 5) is 23.2. The second-order valence-corrected chi connectivity index (χ2v) is 4.13. The number of pyridine rings is 1. The predicted molar refractivity (Wildman–Crippen MR) is 70.2 cm³/mol. The molecule has 0 saturated carbocycles. The molecule has 0 aliphatic heterocycles. The van der Waals surface area contributed by atoms with Gasteiger partial charge in [-0.2, -0.15) is 0 Å². The Bertz CT molecular complexity index is 671. The number of aromatic nitrogens is 1. The van der Waals surface area contributed by atoms with Crippen LogP contribution in [-0.2, 0) is 13.0 Å². The highest BCUT2D eigenvalue weighted by molar-refractivity contribution is 5.93. The van der Waals surface area contributed by atoms with E-state index in [1.165, 1.54) is 6.20 Å². The van der Waals surface area contributed by atoms with Gasteiger partial charge in [-0.05, 0) is 25.0 Å². The number of aryl methyl sites for hydroxylation is 2. The second kappa shape index (κ2) is 4.64. The molecule has 2 rings (SSSR count). The number of benzene rings is 1. The zero-order valence-corrected chi connectivity index (χ0v) is 10.4. The van der Waals surface area contributed by atoms with Gasteiger partial charge in [0, 0.05) is 18.1 Å². The fourth-order valence-electron chi connectivity index (χ4n) is 2.22. The summed E-state index contributed by atoms with van der Waals surface area (Å²) in [6, 6.07) is 5.46. The quantitative estimate of drug-likeness (QED) is 0.902. The van der Waals surface area contributed by atoms with Crippen molar-refractivity contribution in [3.8, 4) is 0 Å². The van der Waals surface area contributed by atoms with Crippen LogP contribution in [0.25, 0.3) is 10.9 Å². The first-order valence-electron chi connectivity index (χ1n) is 5.98. The minimum atomic E-state index is -1.17. The first-order chi connectivity index (χ1) is 8.60. The largest absolute Gasteiger partial charge is 0.477 e. The lowest BCUT2D eigenvalue weighted by atomic mass is 10.0. The Hall–Kier alpha value is -2.10. The SMILES string of the molecule is CCc1cccc2c(=O)c(C(=O)O)cn(CC)c12. The van der Waals surface area contributed by atoms with E-state index in [0.29, 0.717) is 11.9 Å². The lowest BCUT2D eigenvalue weighted by molar-refractivity contribution is 0.0695. The van der Waals surface area contributed by atoms with Crippen LogP contribution >= 0.6 is 0 Å². The van der Waals surface area contributed by atoms with E-state index in [1.807, 2.05) is 24.5 Å².